The van der Waals surface area contributed by atoms with Gasteiger partial charge in [0.1, 0.15) is 5.82 Å². The van der Waals surface area contributed by atoms with E-state index in [2.05, 4.69) is 37.9 Å². The quantitative estimate of drug-likeness (QED) is 0.460. The molecule has 1 saturated carbocycles. The maximum Gasteiger partial charge on any atom is 0.164 e. The lowest BCUT2D eigenvalue weighted by atomic mass is 10.1. The zero-order valence-electron chi connectivity index (χ0n) is 16.1. The van der Waals surface area contributed by atoms with Gasteiger partial charge >= 0.3 is 0 Å². The Bertz CT molecular complexity index is 1130. The first-order chi connectivity index (χ1) is 14.2. The summed E-state index contributed by atoms with van der Waals surface area (Å²) in [4.78, 5) is 8.71. The fourth-order valence-corrected chi connectivity index (χ4v) is 3.87. The Morgan fingerprint density at radius 2 is 1.97 bits per heavy atom. The second-order valence-electron chi connectivity index (χ2n) is 7.58. The molecule has 29 heavy (non-hydrogen) atoms. The summed E-state index contributed by atoms with van der Waals surface area (Å²) in [5.74, 6) is 2.17. The molecular formula is C22H21ClN6. The molecule has 1 aromatic carbocycles. The van der Waals surface area contributed by atoms with E-state index in [-0.39, 0.29) is 5.92 Å². The normalized spacial score (nSPS) is 14.8. The van der Waals surface area contributed by atoms with Gasteiger partial charge in [-0.05, 0) is 43.2 Å². The van der Waals surface area contributed by atoms with Gasteiger partial charge in [0.2, 0.25) is 0 Å². The fraction of sp³-hybridized carbons (Fsp3) is 0.273. The molecule has 0 radical (unpaired) electrons. The van der Waals surface area contributed by atoms with Crippen LogP contribution < -0.4 is 0 Å². The number of rotatable bonds is 6. The molecule has 0 amide bonds. The second-order valence-corrected chi connectivity index (χ2v) is 8.01. The Hall–Kier alpha value is -2.99. The van der Waals surface area contributed by atoms with E-state index in [4.69, 9.17) is 11.6 Å². The van der Waals surface area contributed by atoms with Gasteiger partial charge in [0, 0.05) is 53.2 Å². The van der Waals surface area contributed by atoms with E-state index in [1.54, 1.807) is 12.4 Å². The third kappa shape index (κ3) is 3.68. The minimum atomic E-state index is 0.210. The molecule has 5 rings (SSSR count). The maximum atomic E-state index is 6.12. The maximum absolute atomic E-state index is 6.12. The molecule has 6 nitrogen and oxygen atoms in total. The largest absolute Gasteiger partial charge is 0.308 e. The van der Waals surface area contributed by atoms with Crippen molar-refractivity contribution in [1.82, 2.24) is 29.3 Å². The van der Waals surface area contributed by atoms with Crippen LogP contribution in [-0.4, -0.2) is 29.3 Å². The average Bonchev–Trinajstić information content (AvgIpc) is 3.30. The highest BCUT2D eigenvalue weighted by Crippen LogP contribution is 2.40. The molecule has 4 aromatic rings. The van der Waals surface area contributed by atoms with Crippen molar-refractivity contribution in [3.05, 3.63) is 77.9 Å². The van der Waals surface area contributed by atoms with Crippen LogP contribution >= 0.6 is 11.6 Å². The number of aromatic nitrogens is 6. The number of hydrogen-bond donors (Lipinski definition) is 0. The number of hydrogen-bond acceptors (Lipinski definition) is 4. The first-order valence-electron chi connectivity index (χ1n) is 9.83. The molecule has 0 bridgehead atoms. The number of halogens is 1. The molecular weight excluding hydrogens is 384 g/mol. The lowest BCUT2D eigenvalue weighted by molar-refractivity contribution is 0.607. The van der Waals surface area contributed by atoms with Crippen molar-refractivity contribution in [1.29, 1.82) is 0 Å². The van der Waals surface area contributed by atoms with E-state index in [0.29, 0.717) is 11.1 Å². The van der Waals surface area contributed by atoms with E-state index >= 15 is 0 Å². The molecule has 1 aliphatic carbocycles. The summed E-state index contributed by atoms with van der Waals surface area (Å²) in [5, 5.41) is 9.80. The van der Waals surface area contributed by atoms with E-state index in [1.165, 1.54) is 12.8 Å². The van der Waals surface area contributed by atoms with Gasteiger partial charge in [0.15, 0.2) is 5.82 Å². The Kier molecular flexibility index (Phi) is 4.64. The van der Waals surface area contributed by atoms with Crippen molar-refractivity contribution in [3.63, 3.8) is 0 Å². The van der Waals surface area contributed by atoms with Crippen LogP contribution in [0.1, 0.15) is 43.2 Å². The lowest BCUT2D eigenvalue weighted by Gasteiger charge is -2.13. The summed E-state index contributed by atoms with van der Waals surface area (Å²) in [6, 6.07) is 12.2. The first kappa shape index (κ1) is 18.1. The minimum Gasteiger partial charge on any atom is -0.308 e. The molecule has 7 heteroatoms. The van der Waals surface area contributed by atoms with Crippen LogP contribution in [0.15, 0.2) is 61.3 Å². The molecule has 0 N–H and O–H groups in total. The zero-order valence-corrected chi connectivity index (χ0v) is 16.9. The van der Waals surface area contributed by atoms with Gasteiger partial charge in [0.05, 0.1) is 12.0 Å². The van der Waals surface area contributed by atoms with Crippen LogP contribution in [0.4, 0.5) is 0 Å². The molecule has 1 fully saturated rings. The number of benzene rings is 1. The van der Waals surface area contributed by atoms with E-state index in [9.17, 15) is 0 Å². The number of pyridine rings is 1. The van der Waals surface area contributed by atoms with Crippen LogP contribution in [0, 0.1) is 0 Å². The third-order valence-corrected chi connectivity index (χ3v) is 5.51. The van der Waals surface area contributed by atoms with Crippen molar-refractivity contribution in [2.75, 3.05) is 0 Å². The molecule has 3 aromatic heterocycles. The summed E-state index contributed by atoms with van der Waals surface area (Å²) in [6.07, 6.45) is 10.7. The van der Waals surface area contributed by atoms with Crippen molar-refractivity contribution in [3.8, 4) is 17.1 Å². The van der Waals surface area contributed by atoms with Gasteiger partial charge < -0.3 is 9.13 Å². The second kappa shape index (κ2) is 7.44. The van der Waals surface area contributed by atoms with Gasteiger partial charge in [-0.15, -0.1) is 10.2 Å². The zero-order chi connectivity index (χ0) is 19.8. The molecule has 0 saturated heterocycles. The summed E-state index contributed by atoms with van der Waals surface area (Å²) in [5.41, 5.74) is 3.08. The molecule has 1 atom stereocenters. The smallest absolute Gasteiger partial charge is 0.164 e. The summed E-state index contributed by atoms with van der Waals surface area (Å²) in [7, 11) is 0. The minimum absolute atomic E-state index is 0.210. The highest BCUT2D eigenvalue weighted by Gasteiger charge is 2.31. The SMILES string of the molecule is CC(Cc1cn(-c2cccc(Cl)c2)cn1)c1nnc(-c2ccncc2)n1C1CC1. The van der Waals surface area contributed by atoms with Crippen LogP contribution in [0.5, 0.6) is 0 Å². The van der Waals surface area contributed by atoms with Gasteiger partial charge in [-0.1, -0.05) is 24.6 Å². The Morgan fingerprint density at radius 3 is 2.72 bits per heavy atom. The van der Waals surface area contributed by atoms with Gasteiger partial charge in [0.25, 0.3) is 0 Å². The highest BCUT2D eigenvalue weighted by molar-refractivity contribution is 6.30. The van der Waals surface area contributed by atoms with Crippen LogP contribution in [0.25, 0.3) is 17.1 Å². The highest BCUT2D eigenvalue weighted by atomic mass is 35.5. The standard InChI is InChI=1S/C22H21ClN6/c1-15(11-18-13-28(14-25-18)20-4-2-3-17(23)12-20)21-26-27-22(29(21)19-5-6-19)16-7-9-24-10-8-16/h2-4,7-10,12-15,19H,5-6,11H2,1H3. The number of imidazole rings is 1. The van der Waals surface area contributed by atoms with Crippen LogP contribution in [0.2, 0.25) is 5.02 Å². The topological polar surface area (TPSA) is 61.4 Å². The van der Waals surface area contributed by atoms with E-state index in [1.807, 2.05) is 47.3 Å². The Morgan fingerprint density at radius 1 is 1.14 bits per heavy atom. The summed E-state index contributed by atoms with van der Waals surface area (Å²) >= 11 is 6.12. The van der Waals surface area contributed by atoms with Gasteiger partial charge in [-0.2, -0.15) is 0 Å². The Labute approximate surface area is 174 Å². The van der Waals surface area contributed by atoms with Gasteiger partial charge in [-0.3, -0.25) is 4.98 Å². The fourth-order valence-electron chi connectivity index (χ4n) is 3.68. The predicted molar refractivity (Wildman–Crippen MR) is 112 cm³/mol. The third-order valence-electron chi connectivity index (χ3n) is 5.27. The van der Waals surface area contributed by atoms with E-state index in [0.717, 1.165) is 35.0 Å². The lowest BCUT2D eigenvalue weighted by Crippen LogP contribution is -2.09. The molecule has 1 aliphatic rings. The number of nitrogens with zero attached hydrogens (tertiary/aromatic N) is 6. The summed E-state index contributed by atoms with van der Waals surface area (Å²) < 4.78 is 4.32. The molecule has 1 unspecified atom stereocenters. The van der Waals surface area contributed by atoms with Crippen LogP contribution in [-0.2, 0) is 6.42 Å². The molecule has 0 spiro atoms. The van der Waals surface area contributed by atoms with Crippen molar-refractivity contribution < 1.29 is 0 Å². The predicted octanol–water partition coefficient (Wildman–Crippen LogP) is 4.86. The first-order valence-corrected chi connectivity index (χ1v) is 10.2. The van der Waals surface area contributed by atoms with Crippen molar-refractivity contribution in [2.45, 2.75) is 38.1 Å². The summed E-state index contributed by atoms with van der Waals surface area (Å²) in [6.45, 7) is 2.19. The molecule has 146 valence electrons. The van der Waals surface area contributed by atoms with Crippen molar-refractivity contribution in [2.24, 2.45) is 0 Å². The molecule has 0 aliphatic heterocycles. The Balaban J connectivity index is 1.41. The monoisotopic (exact) mass is 404 g/mol. The van der Waals surface area contributed by atoms with E-state index < -0.39 is 0 Å². The van der Waals surface area contributed by atoms with Crippen molar-refractivity contribution >= 4 is 11.6 Å². The molecule has 3 heterocycles. The van der Waals surface area contributed by atoms with Gasteiger partial charge in [-0.25, -0.2) is 4.98 Å². The van der Waals surface area contributed by atoms with Crippen LogP contribution in [0.3, 0.4) is 0 Å². The average molecular weight is 405 g/mol.